The van der Waals surface area contributed by atoms with E-state index < -0.39 is 0 Å². The molecule has 132 valence electrons. The summed E-state index contributed by atoms with van der Waals surface area (Å²) in [5, 5.41) is 5.67. The van der Waals surface area contributed by atoms with Crippen molar-refractivity contribution in [2.24, 2.45) is 10.9 Å². The standard InChI is InChI=1S/C17H25N5S.HI/c1-13-4-7-21(11-15(13)22-8-6-19-12-22)17(18-3)20-10-16-14(2)5-9-23-16;/h5-6,8-9,12-13,15H,4,7,10-11H2,1-3H3,(H,18,20);1H. The molecule has 1 N–H and O–H groups in total. The molecule has 2 atom stereocenters. The first kappa shape index (κ1) is 19.2. The van der Waals surface area contributed by atoms with Crippen molar-refractivity contribution < 1.29 is 0 Å². The van der Waals surface area contributed by atoms with E-state index in [2.05, 4.69) is 56.3 Å². The maximum atomic E-state index is 4.49. The maximum Gasteiger partial charge on any atom is 0.194 e. The van der Waals surface area contributed by atoms with Gasteiger partial charge >= 0.3 is 0 Å². The lowest BCUT2D eigenvalue weighted by Gasteiger charge is -2.39. The van der Waals surface area contributed by atoms with Crippen LogP contribution in [0.1, 0.15) is 29.8 Å². The van der Waals surface area contributed by atoms with Gasteiger partial charge in [-0.25, -0.2) is 4.98 Å². The van der Waals surface area contributed by atoms with Crippen LogP contribution in [0.4, 0.5) is 0 Å². The van der Waals surface area contributed by atoms with Gasteiger partial charge in [-0.1, -0.05) is 6.92 Å². The van der Waals surface area contributed by atoms with Gasteiger partial charge in [0.1, 0.15) is 0 Å². The Morgan fingerprint density at radius 3 is 2.96 bits per heavy atom. The van der Waals surface area contributed by atoms with Crippen molar-refractivity contribution in [3.05, 3.63) is 40.6 Å². The van der Waals surface area contributed by atoms with Gasteiger partial charge in [0, 0.05) is 37.4 Å². The molecule has 0 amide bonds. The summed E-state index contributed by atoms with van der Waals surface area (Å²) in [5.41, 5.74) is 1.35. The molecule has 2 unspecified atom stereocenters. The Balaban J connectivity index is 0.00000208. The van der Waals surface area contributed by atoms with E-state index in [4.69, 9.17) is 0 Å². The lowest BCUT2D eigenvalue weighted by atomic mass is 9.93. The van der Waals surface area contributed by atoms with Crippen molar-refractivity contribution in [1.82, 2.24) is 19.8 Å². The number of imidazole rings is 1. The minimum Gasteiger partial charge on any atom is -0.351 e. The number of halogens is 1. The van der Waals surface area contributed by atoms with E-state index in [-0.39, 0.29) is 24.0 Å². The lowest BCUT2D eigenvalue weighted by Crippen LogP contribution is -2.48. The third-order valence-corrected chi connectivity index (χ3v) is 5.74. The second-order valence-electron chi connectivity index (χ2n) is 6.22. The fraction of sp³-hybridized carbons (Fsp3) is 0.529. The highest BCUT2D eigenvalue weighted by Crippen LogP contribution is 2.27. The summed E-state index contributed by atoms with van der Waals surface area (Å²) in [6, 6.07) is 2.62. The third-order valence-electron chi connectivity index (χ3n) is 4.71. The van der Waals surface area contributed by atoms with Crippen LogP contribution in [-0.4, -0.2) is 40.5 Å². The van der Waals surface area contributed by atoms with Crippen LogP contribution >= 0.6 is 35.3 Å². The predicted molar refractivity (Wildman–Crippen MR) is 111 cm³/mol. The number of aromatic nitrogens is 2. The Morgan fingerprint density at radius 1 is 1.50 bits per heavy atom. The molecule has 1 aliphatic rings. The molecule has 0 radical (unpaired) electrons. The number of nitrogens with one attached hydrogen (secondary N) is 1. The molecular formula is C17H26IN5S. The molecule has 0 spiro atoms. The second-order valence-corrected chi connectivity index (χ2v) is 7.22. The topological polar surface area (TPSA) is 45.5 Å². The molecule has 0 bridgehead atoms. The van der Waals surface area contributed by atoms with Crippen LogP contribution in [0.2, 0.25) is 0 Å². The fourth-order valence-electron chi connectivity index (χ4n) is 3.17. The monoisotopic (exact) mass is 459 g/mol. The zero-order valence-electron chi connectivity index (χ0n) is 14.5. The number of hydrogen-bond acceptors (Lipinski definition) is 3. The van der Waals surface area contributed by atoms with E-state index in [1.807, 2.05) is 19.6 Å². The van der Waals surface area contributed by atoms with Gasteiger partial charge in [0.15, 0.2) is 5.96 Å². The van der Waals surface area contributed by atoms with Gasteiger partial charge in [-0.15, -0.1) is 35.3 Å². The number of nitrogens with zero attached hydrogens (tertiary/aromatic N) is 4. The molecule has 24 heavy (non-hydrogen) atoms. The molecule has 1 aliphatic heterocycles. The molecule has 0 saturated carbocycles. The summed E-state index contributed by atoms with van der Waals surface area (Å²) in [4.78, 5) is 12.4. The number of aliphatic imine (C=N–C) groups is 1. The van der Waals surface area contributed by atoms with E-state index in [1.165, 1.54) is 16.9 Å². The van der Waals surface area contributed by atoms with Gasteiger partial charge in [-0.3, -0.25) is 4.99 Å². The van der Waals surface area contributed by atoms with Gasteiger partial charge in [0.25, 0.3) is 0 Å². The molecule has 2 aromatic heterocycles. The normalized spacial score (nSPS) is 21.5. The Hall–Kier alpha value is -1.09. The first-order valence-corrected chi connectivity index (χ1v) is 9.03. The number of rotatable bonds is 3. The highest BCUT2D eigenvalue weighted by atomic mass is 127. The molecular weight excluding hydrogens is 433 g/mol. The van der Waals surface area contributed by atoms with Crippen molar-refractivity contribution in [3.8, 4) is 0 Å². The zero-order chi connectivity index (χ0) is 16.2. The van der Waals surface area contributed by atoms with E-state index in [1.54, 1.807) is 11.3 Å². The second kappa shape index (κ2) is 8.84. The van der Waals surface area contributed by atoms with Gasteiger partial charge in [-0.05, 0) is 36.3 Å². The molecule has 0 aromatic carbocycles. The first-order valence-electron chi connectivity index (χ1n) is 8.15. The van der Waals surface area contributed by atoms with Crippen LogP contribution in [-0.2, 0) is 6.54 Å². The molecule has 7 heteroatoms. The Labute approximate surface area is 165 Å². The molecule has 0 aliphatic carbocycles. The van der Waals surface area contributed by atoms with Crippen LogP contribution in [0.25, 0.3) is 0 Å². The minimum absolute atomic E-state index is 0. The van der Waals surface area contributed by atoms with Crippen LogP contribution in [0, 0.1) is 12.8 Å². The summed E-state index contributed by atoms with van der Waals surface area (Å²) < 4.78 is 2.23. The Bertz CT molecular complexity index is 652. The quantitative estimate of drug-likeness (QED) is 0.434. The average Bonchev–Trinajstić information content (AvgIpc) is 3.21. The summed E-state index contributed by atoms with van der Waals surface area (Å²) in [5.74, 6) is 1.65. The lowest BCUT2D eigenvalue weighted by molar-refractivity contribution is 0.189. The summed E-state index contributed by atoms with van der Waals surface area (Å²) in [6.07, 6.45) is 7.02. The Morgan fingerprint density at radius 2 is 2.33 bits per heavy atom. The maximum absolute atomic E-state index is 4.49. The molecule has 2 aromatic rings. The van der Waals surface area contributed by atoms with Gasteiger partial charge in [0.05, 0.1) is 18.9 Å². The molecule has 1 saturated heterocycles. The van der Waals surface area contributed by atoms with E-state index in [0.717, 1.165) is 25.6 Å². The van der Waals surface area contributed by atoms with Crippen LogP contribution in [0.3, 0.4) is 0 Å². The number of aryl methyl sites for hydroxylation is 1. The average molecular weight is 459 g/mol. The third kappa shape index (κ3) is 4.30. The van der Waals surface area contributed by atoms with E-state index in [9.17, 15) is 0 Å². The molecule has 5 nitrogen and oxygen atoms in total. The summed E-state index contributed by atoms with van der Waals surface area (Å²) in [7, 11) is 1.87. The van der Waals surface area contributed by atoms with Crippen LogP contribution in [0.15, 0.2) is 35.2 Å². The Kier molecular flexibility index (Phi) is 7.09. The van der Waals surface area contributed by atoms with Crippen LogP contribution in [0.5, 0.6) is 0 Å². The van der Waals surface area contributed by atoms with Gasteiger partial charge < -0.3 is 14.8 Å². The number of likely N-dealkylation sites (tertiary alicyclic amines) is 1. The zero-order valence-corrected chi connectivity index (χ0v) is 17.6. The number of guanidine groups is 1. The van der Waals surface area contributed by atoms with E-state index >= 15 is 0 Å². The van der Waals surface area contributed by atoms with Crippen molar-refractivity contribution >= 4 is 41.3 Å². The summed E-state index contributed by atoms with van der Waals surface area (Å²) in [6.45, 7) is 7.36. The highest BCUT2D eigenvalue weighted by molar-refractivity contribution is 14.0. The molecule has 1 fully saturated rings. The van der Waals surface area contributed by atoms with Gasteiger partial charge in [-0.2, -0.15) is 0 Å². The minimum atomic E-state index is 0. The van der Waals surface area contributed by atoms with Crippen molar-refractivity contribution in [2.75, 3.05) is 20.1 Å². The number of hydrogen-bond donors (Lipinski definition) is 1. The van der Waals surface area contributed by atoms with Crippen LogP contribution < -0.4 is 5.32 Å². The van der Waals surface area contributed by atoms with Crippen molar-refractivity contribution in [3.63, 3.8) is 0 Å². The SMILES string of the molecule is CN=C(NCc1sccc1C)N1CCC(C)C(n2ccnc2)C1.I. The highest BCUT2D eigenvalue weighted by Gasteiger charge is 2.28. The largest absolute Gasteiger partial charge is 0.351 e. The predicted octanol–water partition coefficient (Wildman–Crippen LogP) is 3.53. The summed E-state index contributed by atoms with van der Waals surface area (Å²) >= 11 is 1.80. The fourth-order valence-corrected chi connectivity index (χ4v) is 4.02. The smallest absolute Gasteiger partial charge is 0.194 e. The number of thiophene rings is 1. The van der Waals surface area contributed by atoms with Crippen molar-refractivity contribution in [2.45, 2.75) is 32.9 Å². The van der Waals surface area contributed by atoms with Crippen molar-refractivity contribution in [1.29, 1.82) is 0 Å². The van der Waals surface area contributed by atoms with Gasteiger partial charge in [0.2, 0.25) is 0 Å². The number of piperidine rings is 1. The van der Waals surface area contributed by atoms with E-state index in [0.29, 0.717) is 12.0 Å². The first-order chi connectivity index (χ1) is 11.2. The molecule has 3 rings (SSSR count). The molecule has 3 heterocycles.